The van der Waals surface area contributed by atoms with Crippen LogP contribution >= 0.6 is 11.3 Å². The Morgan fingerprint density at radius 1 is 0.339 bits per heavy atom. The first-order valence-electron chi connectivity index (χ1n) is 21.0. The lowest BCUT2D eigenvalue weighted by molar-refractivity contribution is 1.18. The predicted molar refractivity (Wildman–Crippen MR) is 262 cm³/mol. The normalized spacial score (nSPS) is 11.5. The molecule has 0 saturated heterocycles. The van der Waals surface area contributed by atoms with Gasteiger partial charge < -0.3 is 4.57 Å². The highest BCUT2D eigenvalue weighted by atomic mass is 32.1. The molecule has 0 atom stereocenters. The quantitative estimate of drug-likeness (QED) is 0.161. The van der Waals surface area contributed by atoms with Crippen LogP contribution in [0.4, 0.5) is 0 Å². The van der Waals surface area contributed by atoms with Crippen LogP contribution in [0, 0.1) is 0 Å². The van der Waals surface area contributed by atoms with E-state index in [2.05, 4.69) is 229 Å². The standard InChI is InChI=1S/C58H37N3S/c1-4-16-38(17-5-1)41-22-12-25-45(34-41)56-55-49-28-10-11-31-53(49)62-58(55)60-57(59-56)46-26-13-24-44(35-46)48-29-15-30-52-54(48)50-37-43(40-20-8-3-9-21-40)32-33-51(50)61(52)47-27-14-23-42(36-47)39-18-6-2-7-19-39/h1-37H. The van der Waals surface area contributed by atoms with E-state index in [1.165, 1.54) is 48.7 Å². The maximum Gasteiger partial charge on any atom is 0.161 e. The molecular formula is C58H37N3S. The molecule has 0 unspecified atom stereocenters. The second-order valence-electron chi connectivity index (χ2n) is 15.8. The van der Waals surface area contributed by atoms with E-state index >= 15 is 0 Å². The topological polar surface area (TPSA) is 30.7 Å². The number of thiophene rings is 1. The Balaban J connectivity index is 1.06. The van der Waals surface area contributed by atoms with E-state index in [4.69, 9.17) is 9.97 Å². The first-order valence-corrected chi connectivity index (χ1v) is 21.8. The first kappa shape index (κ1) is 36.0. The first-order chi connectivity index (χ1) is 30.7. The van der Waals surface area contributed by atoms with Crippen molar-refractivity contribution >= 4 is 53.4 Å². The van der Waals surface area contributed by atoms with Crippen LogP contribution in [0.2, 0.25) is 0 Å². The zero-order valence-electron chi connectivity index (χ0n) is 33.6. The summed E-state index contributed by atoms with van der Waals surface area (Å²) in [6.07, 6.45) is 0. The Kier molecular flexibility index (Phi) is 8.68. The van der Waals surface area contributed by atoms with Crippen LogP contribution in [0.1, 0.15) is 0 Å². The molecule has 0 aliphatic carbocycles. The SMILES string of the molecule is c1ccc(-c2cccc(-c3nc(-c4cccc(-c5cccc6c5c5cc(-c7ccccc7)ccc5n6-c5cccc(-c6ccccc6)c5)c4)nc4sc5ccccc5c34)c2)cc1. The second kappa shape index (κ2) is 15.0. The van der Waals surface area contributed by atoms with Crippen molar-refractivity contribution < 1.29 is 0 Å². The van der Waals surface area contributed by atoms with Gasteiger partial charge in [0.25, 0.3) is 0 Å². The molecule has 3 heterocycles. The average molecular weight is 808 g/mol. The molecule has 0 spiro atoms. The van der Waals surface area contributed by atoms with Gasteiger partial charge in [-0.2, -0.15) is 0 Å². The van der Waals surface area contributed by atoms with Crippen molar-refractivity contribution in [3.05, 3.63) is 224 Å². The van der Waals surface area contributed by atoms with Gasteiger partial charge >= 0.3 is 0 Å². The predicted octanol–water partition coefficient (Wildman–Crippen LogP) is 15.9. The van der Waals surface area contributed by atoms with E-state index in [0.29, 0.717) is 5.82 Å². The third kappa shape index (κ3) is 6.20. The van der Waals surface area contributed by atoms with E-state index in [0.717, 1.165) is 60.4 Å². The minimum atomic E-state index is 0.713. The van der Waals surface area contributed by atoms with E-state index in [9.17, 15) is 0 Å². The van der Waals surface area contributed by atoms with Crippen LogP contribution < -0.4 is 0 Å². The van der Waals surface area contributed by atoms with Crippen LogP contribution in [0.15, 0.2) is 224 Å². The van der Waals surface area contributed by atoms with Gasteiger partial charge in [0.15, 0.2) is 5.82 Å². The molecule has 0 radical (unpaired) electrons. The zero-order valence-corrected chi connectivity index (χ0v) is 34.4. The molecule has 3 nitrogen and oxygen atoms in total. The van der Waals surface area contributed by atoms with Crippen LogP contribution in [-0.2, 0) is 0 Å². The van der Waals surface area contributed by atoms with Gasteiger partial charge in [0.2, 0.25) is 0 Å². The Hall–Kier alpha value is -7.92. The third-order valence-corrected chi connectivity index (χ3v) is 13.1. The molecule has 9 aromatic carbocycles. The van der Waals surface area contributed by atoms with Gasteiger partial charge in [0.1, 0.15) is 4.83 Å². The molecule has 0 aliphatic heterocycles. The molecule has 0 N–H and O–H groups in total. The molecule has 12 rings (SSSR count). The monoisotopic (exact) mass is 807 g/mol. The van der Waals surface area contributed by atoms with Crippen LogP contribution in [0.25, 0.3) is 115 Å². The molecule has 0 bridgehead atoms. The fraction of sp³-hybridized carbons (Fsp3) is 0. The van der Waals surface area contributed by atoms with Gasteiger partial charge in [0.05, 0.1) is 16.7 Å². The van der Waals surface area contributed by atoms with Crippen molar-refractivity contribution in [3.8, 4) is 72.8 Å². The highest BCUT2D eigenvalue weighted by molar-refractivity contribution is 7.25. The van der Waals surface area contributed by atoms with Gasteiger partial charge in [-0.05, 0) is 93.0 Å². The van der Waals surface area contributed by atoms with Gasteiger partial charge in [-0.3, -0.25) is 0 Å². The fourth-order valence-electron chi connectivity index (χ4n) is 9.12. The third-order valence-electron chi connectivity index (χ3n) is 12.0. The molecule has 62 heavy (non-hydrogen) atoms. The molecule has 0 aliphatic rings. The van der Waals surface area contributed by atoms with Crippen LogP contribution in [0.5, 0.6) is 0 Å². The minimum absolute atomic E-state index is 0.713. The van der Waals surface area contributed by atoms with Crippen molar-refractivity contribution in [3.63, 3.8) is 0 Å². The summed E-state index contributed by atoms with van der Waals surface area (Å²) in [6, 6.07) is 80.5. The summed E-state index contributed by atoms with van der Waals surface area (Å²) in [7, 11) is 0. The number of rotatable bonds is 7. The van der Waals surface area contributed by atoms with Crippen molar-refractivity contribution in [1.82, 2.24) is 14.5 Å². The highest BCUT2D eigenvalue weighted by Gasteiger charge is 2.20. The lowest BCUT2D eigenvalue weighted by Crippen LogP contribution is -1.95. The van der Waals surface area contributed by atoms with E-state index in [-0.39, 0.29) is 0 Å². The molecule has 4 heteroatoms. The maximum absolute atomic E-state index is 5.46. The van der Waals surface area contributed by atoms with E-state index in [1.54, 1.807) is 11.3 Å². The average Bonchev–Trinajstić information content (AvgIpc) is 3.90. The van der Waals surface area contributed by atoms with Crippen LogP contribution in [0.3, 0.4) is 0 Å². The van der Waals surface area contributed by atoms with E-state index in [1.807, 2.05) is 0 Å². The molecule has 290 valence electrons. The number of aromatic nitrogens is 3. The lowest BCUT2D eigenvalue weighted by Gasteiger charge is -2.12. The van der Waals surface area contributed by atoms with Crippen molar-refractivity contribution in [2.45, 2.75) is 0 Å². The number of hydrogen-bond acceptors (Lipinski definition) is 3. The summed E-state index contributed by atoms with van der Waals surface area (Å²) in [6.45, 7) is 0. The molecule has 0 amide bonds. The summed E-state index contributed by atoms with van der Waals surface area (Å²) < 4.78 is 3.63. The maximum atomic E-state index is 5.46. The number of fused-ring (bicyclic) bond motifs is 6. The Bertz CT molecular complexity index is 3620. The fourth-order valence-corrected chi connectivity index (χ4v) is 10.2. The van der Waals surface area contributed by atoms with Crippen LogP contribution in [-0.4, -0.2) is 14.5 Å². The number of benzene rings is 9. The van der Waals surface area contributed by atoms with Crippen molar-refractivity contribution in [1.29, 1.82) is 0 Å². The summed E-state index contributed by atoms with van der Waals surface area (Å²) in [4.78, 5) is 11.8. The Morgan fingerprint density at radius 2 is 0.903 bits per heavy atom. The van der Waals surface area contributed by atoms with Gasteiger partial charge in [0, 0.05) is 43.1 Å². The Labute approximate surface area is 363 Å². The molecular weight excluding hydrogens is 771 g/mol. The molecule has 0 saturated carbocycles. The molecule has 0 fully saturated rings. The highest BCUT2D eigenvalue weighted by Crippen LogP contribution is 2.43. The number of hydrogen-bond donors (Lipinski definition) is 0. The van der Waals surface area contributed by atoms with Gasteiger partial charge in [-0.25, -0.2) is 9.97 Å². The summed E-state index contributed by atoms with van der Waals surface area (Å²) in [5.74, 6) is 0.713. The lowest BCUT2D eigenvalue weighted by atomic mass is 9.96. The second-order valence-corrected chi connectivity index (χ2v) is 16.8. The molecule has 12 aromatic rings. The van der Waals surface area contributed by atoms with Gasteiger partial charge in [-0.1, -0.05) is 176 Å². The van der Waals surface area contributed by atoms with E-state index < -0.39 is 0 Å². The summed E-state index contributed by atoms with van der Waals surface area (Å²) in [5, 5.41) is 4.69. The minimum Gasteiger partial charge on any atom is -0.309 e. The smallest absolute Gasteiger partial charge is 0.161 e. The molecule has 3 aromatic heterocycles. The van der Waals surface area contributed by atoms with Crippen molar-refractivity contribution in [2.75, 3.05) is 0 Å². The van der Waals surface area contributed by atoms with Crippen molar-refractivity contribution in [2.24, 2.45) is 0 Å². The summed E-state index contributed by atoms with van der Waals surface area (Å²) >= 11 is 1.73. The number of nitrogens with zero attached hydrogens (tertiary/aromatic N) is 3. The summed E-state index contributed by atoms with van der Waals surface area (Å²) in [5.41, 5.74) is 15.8. The van der Waals surface area contributed by atoms with Gasteiger partial charge in [-0.15, -0.1) is 11.3 Å². The Morgan fingerprint density at radius 3 is 1.65 bits per heavy atom. The largest absolute Gasteiger partial charge is 0.309 e. The zero-order chi connectivity index (χ0) is 41.0.